The SMILES string of the molecule is Cc1noc(C)c1CCC(=O)N1CCC(c2c[nH]c3ccccc23)(c2c[nH]c3ccccc23)CC1. The highest BCUT2D eigenvalue weighted by Crippen LogP contribution is 2.47. The fourth-order valence-corrected chi connectivity index (χ4v) is 6.01. The van der Waals surface area contributed by atoms with Gasteiger partial charge >= 0.3 is 0 Å². The highest BCUT2D eigenvalue weighted by Gasteiger charge is 2.41. The van der Waals surface area contributed by atoms with Gasteiger partial charge in [-0.05, 0) is 56.4 Å². The zero-order valence-corrected chi connectivity index (χ0v) is 20.2. The van der Waals surface area contributed by atoms with Gasteiger partial charge in [0, 0.05) is 64.7 Å². The monoisotopic (exact) mass is 466 g/mol. The Morgan fingerprint density at radius 3 is 2.06 bits per heavy atom. The van der Waals surface area contributed by atoms with Gasteiger partial charge in [0.15, 0.2) is 0 Å². The summed E-state index contributed by atoms with van der Waals surface area (Å²) in [5.74, 6) is 1.02. The fraction of sp³-hybridized carbons (Fsp3) is 0.310. The lowest BCUT2D eigenvalue weighted by Gasteiger charge is -2.42. The van der Waals surface area contributed by atoms with Crippen molar-refractivity contribution in [1.82, 2.24) is 20.0 Å². The third kappa shape index (κ3) is 3.55. The third-order valence-corrected chi connectivity index (χ3v) is 7.95. The third-order valence-electron chi connectivity index (χ3n) is 7.95. The van der Waals surface area contributed by atoms with Crippen molar-refractivity contribution < 1.29 is 9.32 Å². The lowest BCUT2D eigenvalue weighted by molar-refractivity contribution is -0.132. The zero-order chi connectivity index (χ0) is 24.0. The maximum absolute atomic E-state index is 13.2. The van der Waals surface area contributed by atoms with E-state index in [4.69, 9.17) is 4.52 Å². The van der Waals surface area contributed by atoms with E-state index in [0.717, 1.165) is 54.0 Å². The Labute approximate surface area is 204 Å². The summed E-state index contributed by atoms with van der Waals surface area (Å²) in [6.45, 7) is 5.32. The fourth-order valence-electron chi connectivity index (χ4n) is 6.01. The second-order valence-electron chi connectivity index (χ2n) is 9.76. The molecule has 0 aliphatic carbocycles. The molecule has 6 rings (SSSR count). The molecule has 1 aliphatic rings. The molecule has 1 aliphatic heterocycles. The second kappa shape index (κ2) is 8.45. The van der Waals surface area contributed by atoms with Crippen LogP contribution in [0, 0.1) is 13.8 Å². The van der Waals surface area contributed by atoms with Gasteiger partial charge in [-0.3, -0.25) is 4.79 Å². The van der Waals surface area contributed by atoms with Crippen LogP contribution in [0.5, 0.6) is 0 Å². The number of likely N-dealkylation sites (tertiary alicyclic amines) is 1. The lowest BCUT2D eigenvalue weighted by atomic mass is 9.68. The molecule has 6 heteroatoms. The minimum Gasteiger partial charge on any atom is -0.361 e. The van der Waals surface area contributed by atoms with Crippen LogP contribution in [-0.4, -0.2) is 39.0 Å². The van der Waals surface area contributed by atoms with Gasteiger partial charge < -0.3 is 19.4 Å². The highest BCUT2D eigenvalue weighted by atomic mass is 16.5. The number of aromatic nitrogens is 3. The van der Waals surface area contributed by atoms with Gasteiger partial charge in [0.1, 0.15) is 5.76 Å². The molecular weight excluding hydrogens is 436 g/mol. The summed E-state index contributed by atoms with van der Waals surface area (Å²) in [6.07, 6.45) is 7.28. The van der Waals surface area contributed by atoms with Crippen molar-refractivity contribution in [2.45, 2.75) is 44.9 Å². The van der Waals surface area contributed by atoms with E-state index in [0.29, 0.717) is 12.8 Å². The van der Waals surface area contributed by atoms with Crippen LogP contribution in [0.2, 0.25) is 0 Å². The predicted octanol–water partition coefficient (Wildman–Crippen LogP) is 5.80. The molecule has 2 aromatic carbocycles. The highest BCUT2D eigenvalue weighted by molar-refractivity contribution is 5.89. The van der Waals surface area contributed by atoms with Crippen molar-refractivity contribution in [2.24, 2.45) is 0 Å². The summed E-state index contributed by atoms with van der Waals surface area (Å²) >= 11 is 0. The van der Waals surface area contributed by atoms with Crippen molar-refractivity contribution >= 4 is 27.7 Å². The van der Waals surface area contributed by atoms with Crippen LogP contribution in [0.15, 0.2) is 65.4 Å². The molecule has 0 atom stereocenters. The zero-order valence-electron chi connectivity index (χ0n) is 20.2. The van der Waals surface area contributed by atoms with E-state index in [1.165, 1.54) is 21.9 Å². The number of piperidine rings is 1. The van der Waals surface area contributed by atoms with E-state index in [-0.39, 0.29) is 11.3 Å². The van der Waals surface area contributed by atoms with Gasteiger partial charge in [-0.15, -0.1) is 0 Å². The van der Waals surface area contributed by atoms with Gasteiger partial charge in [0.2, 0.25) is 5.91 Å². The molecule has 6 nitrogen and oxygen atoms in total. The molecule has 1 fully saturated rings. The standard InChI is InChI=1S/C29H30N4O2/c1-19-21(20(2)35-32-19)11-12-28(34)33-15-13-29(14-16-33,24-17-30-26-9-5-3-7-22(24)26)25-18-31-27-10-6-4-8-23(25)27/h3-10,17-18,30-31H,11-16H2,1-2H3. The van der Waals surface area contributed by atoms with Gasteiger partial charge in [-0.25, -0.2) is 0 Å². The number of carbonyl (C=O) groups excluding carboxylic acids is 1. The van der Waals surface area contributed by atoms with Crippen LogP contribution in [-0.2, 0) is 16.6 Å². The molecule has 1 amide bonds. The molecule has 5 aromatic rings. The number of nitrogens with one attached hydrogen (secondary N) is 2. The minimum absolute atomic E-state index is 0.169. The quantitative estimate of drug-likeness (QED) is 0.344. The maximum atomic E-state index is 13.2. The summed E-state index contributed by atoms with van der Waals surface area (Å²) in [6, 6.07) is 17.0. The first-order valence-corrected chi connectivity index (χ1v) is 12.4. The number of rotatable bonds is 5. The van der Waals surface area contributed by atoms with Crippen LogP contribution >= 0.6 is 0 Å². The Hall–Kier alpha value is -3.80. The number of hydrogen-bond donors (Lipinski definition) is 2. The summed E-state index contributed by atoms with van der Waals surface area (Å²) in [5.41, 5.74) is 6.71. The molecule has 0 unspecified atom stereocenters. The van der Waals surface area contributed by atoms with Gasteiger partial charge in [0.05, 0.1) is 5.69 Å². The van der Waals surface area contributed by atoms with E-state index in [1.54, 1.807) is 0 Å². The number of hydrogen-bond acceptors (Lipinski definition) is 3. The number of carbonyl (C=O) groups is 1. The summed E-state index contributed by atoms with van der Waals surface area (Å²) in [7, 11) is 0. The van der Waals surface area contributed by atoms with Crippen molar-refractivity contribution in [3.8, 4) is 0 Å². The molecule has 1 saturated heterocycles. The van der Waals surface area contributed by atoms with Gasteiger partial charge in [-0.2, -0.15) is 0 Å². The summed E-state index contributed by atoms with van der Waals surface area (Å²) < 4.78 is 5.27. The molecule has 0 saturated carbocycles. The van der Waals surface area contributed by atoms with Gasteiger partial charge in [-0.1, -0.05) is 41.6 Å². The number of benzene rings is 2. The van der Waals surface area contributed by atoms with Crippen LogP contribution in [0.1, 0.15) is 47.4 Å². The number of aromatic amines is 2. The molecule has 0 spiro atoms. The van der Waals surface area contributed by atoms with Crippen molar-refractivity contribution in [1.29, 1.82) is 0 Å². The van der Waals surface area contributed by atoms with E-state index < -0.39 is 0 Å². The van der Waals surface area contributed by atoms with Crippen LogP contribution in [0.4, 0.5) is 0 Å². The predicted molar refractivity (Wildman–Crippen MR) is 137 cm³/mol. The number of aryl methyl sites for hydroxylation is 2. The number of nitrogens with zero attached hydrogens (tertiary/aromatic N) is 2. The van der Waals surface area contributed by atoms with E-state index in [9.17, 15) is 4.79 Å². The second-order valence-corrected chi connectivity index (χ2v) is 9.76. The Morgan fingerprint density at radius 2 is 1.51 bits per heavy atom. The van der Waals surface area contributed by atoms with E-state index in [2.05, 4.69) is 76.0 Å². The van der Waals surface area contributed by atoms with Crippen LogP contribution in [0.25, 0.3) is 21.8 Å². The average molecular weight is 467 g/mol. The van der Waals surface area contributed by atoms with Gasteiger partial charge in [0.25, 0.3) is 0 Å². The smallest absolute Gasteiger partial charge is 0.222 e. The molecule has 178 valence electrons. The molecule has 35 heavy (non-hydrogen) atoms. The summed E-state index contributed by atoms with van der Waals surface area (Å²) in [4.78, 5) is 22.2. The van der Waals surface area contributed by atoms with E-state index >= 15 is 0 Å². The Morgan fingerprint density at radius 1 is 0.943 bits per heavy atom. The minimum atomic E-state index is -0.169. The van der Waals surface area contributed by atoms with Crippen molar-refractivity contribution in [3.63, 3.8) is 0 Å². The van der Waals surface area contributed by atoms with Crippen molar-refractivity contribution in [2.75, 3.05) is 13.1 Å². The number of para-hydroxylation sites is 2. The lowest BCUT2D eigenvalue weighted by Crippen LogP contribution is -2.45. The topological polar surface area (TPSA) is 77.9 Å². The molecule has 2 N–H and O–H groups in total. The first kappa shape index (κ1) is 21.7. The Balaban J connectivity index is 1.31. The summed E-state index contributed by atoms with van der Waals surface area (Å²) in [5, 5.41) is 6.55. The van der Waals surface area contributed by atoms with Crippen LogP contribution in [0.3, 0.4) is 0 Å². The van der Waals surface area contributed by atoms with Crippen LogP contribution < -0.4 is 0 Å². The largest absolute Gasteiger partial charge is 0.361 e. The van der Waals surface area contributed by atoms with Crippen molar-refractivity contribution in [3.05, 3.63) is 89.1 Å². The molecule has 3 aromatic heterocycles. The Kier molecular flexibility index (Phi) is 5.24. The molecular formula is C29H30N4O2. The first-order chi connectivity index (χ1) is 17.1. The Bertz CT molecular complexity index is 1420. The maximum Gasteiger partial charge on any atom is 0.222 e. The molecule has 4 heterocycles. The van der Waals surface area contributed by atoms with E-state index in [1.807, 2.05) is 18.7 Å². The molecule has 0 bridgehead atoms. The normalized spacial score (nSPS) is 15.8. The number of H-pyrrole nitrogens is 2. The number of fused-ring (bicyclic) bond motifs is 2. The average Bonchev–Trinajstić information content (AvgIpc) is 3.60. The number of amides is 1. The first-order valence-electron chi connectivity index (χ1n) is 12.4. The molecule has 0 radical (unpaired) electrons.